The molecule has 0 aromatic heterocycles. The SMILES string of the molecule is CCOC(=O)C(C)(COC)C(=O)O. The topological polar surface area (TPSA) is 72.8 Å². The standard InChI is InChI=1S/C8H14O5/c1-4-13-7(11)8(2,5-12-3)6(9)10/h4-5H2,1-3H3,(H,9,10). The lowest BCUT2D eigenvalue weighted by molar-refractivity contribution is -0.170. The van der Waals surface area contributed by atoms with Gasteiger partial charge in [0.1, 0.15) is 0 Å². The maximum absolute atomic E-state index is 11.2. The zero-order valence-corrected chi connectivity index (χ0v) is 7.99. The first-order chi connectivity index (χ1) is 5.99. The molecule has 0 aromatic carbocycles. The third kappa shape index (κ3) is 2.69. The molecule has 0 aromatic rings. The van der Waals surface area contributed by atoms with Crippen molar-refractivity contribution in [1.82, 2.24) is 0 Å². The highest BCUT2D eigenvalue weighted by Gasteiger charge is 2.43. The van der Waals surface area contributed by atoms with Crippen molar-refractivity contribution in [2.45, 2.75) is 13.8 Å². The molecule has 0 aliphatic carbocycles. The van der Waals surface area contributed by atoms with Crippen LogP contribution in [-0.2, 0) is 19.1 Å². The van der Waals surface area contributed by atoms with Crippen molar-refractivity contribution in [3.8, 4) is 0 Å². The zero-order valence-electron chi connectivity index (χ0n) is 7.99. The van der Waals surface area contributed by atoms with Crippen LogP contribution in [0.5, 0.6) is 0 Å². The van der Waals surface area contributed by atoms with Gasteiger partial charge in [-0.1, -0.05) is 0 Å². The molecule has 1 N–H and O–H groups in total. The van der Waals surface area contributed by atoms with Crippen LogP contribution in [0.15, 0.2) is 0 Å². The van der Waals surface area contributed by atoms with Gasteiger partial charge in [0, 0.05) is 7.11 Å². The van der Waals surface area contributed by atoms with Crippen molar-refractivity contribution in [1.29, 1.82) is 0 Å². The molecule has 76 valence electrons. The molecule has 0 heterocycles. The number of aliphatic carboxylic acids is 1. The van der Waals surface area contributed by atoms with Crippen molar-refractivity contribution in [3.63, 3.8) is 0 Å². The lowest BCUT2D eigenvalue weighted by Crippen LogP contribution is -2.41. The summed E-state index contributed by atoms with van der Waals surface area (Å²) in [6.45, 7) is 2.86. The van der Waals surface area contributed by atoms with Crippen molar-refractivity contribution in [3.05, 3.63) is 0 Å². The van der Waals surface area contributed by atoms with E-state index >= 15 is 0 Å². The summed E-state index contributed by atoms with van der Waals surface area (Å²) < 4.78 is 9.28. The lowest BCUT2D eigenvalue weighted by Gasteiger charge is -2.20. The van der Waals surface area contributed by atoms with Gasteiger partial charge in [-0.3, -0.25) is 9.59 Å². The molecule has 5 nitrogen and oxygen atoms in total. The number of methoxy groups -OCH3 is 1. The van der Waals surface area contributed by atoms with Gasteiger partial charge in [-0.05, 0) is 13.8 Å². The second-order valence-corrected chi connectivity index (χ2v) is 2.79. The third-order valence-electron chi connectivity index (χ3n) is 1.63. The Kier molecular flexibility index (Phi) is 4.40. The van der Waals surface area contributed by atoms with Gasteiger partial charge >= 0.3 is 11.9 Å². The quantitative estimate of drug-likeness (QED) is 0.498. The van der Waals surface area contributed by atoms with Gasteiger partial charge in [-0.25, -0.2) is 0 Å². The predicted octanol–water partition coefficient (Wildman–Crippen LogP) is 0.287. The van der Waals surface area contributed by atoms with Crippen LogP contribution in [0.1, 0.15) is 13.8 Å². The smallest absolute Gasteiger partial charge is 0.325 e. The summed E-state index contributed by atoms with van der Waals surface area (Å²) in [6, 6.07) is 0. The maximum atomic E-state index is 11.2. The molecule has 1 atom stereocenters. The molecule has 0 rings (SSSR count). The van der Waals surface area contributed by atoms with Gasteiger partial charge < -0.3 is 14.6 Å². The normalized spacial score (nSPS) is 14.7. The van der Waals surface area contributed by atoms with Crippen molar-refractivity contribution in [2.24, 2.45) is 5.41 Å². The number of hydrogen-bond donors (Lipinski definition) is 1. The Morgan fingerprint density at radius 2 is 2.00 bits per heavy atom. The molecule has 0 spiro atoms. The first-order valence-electron chi connectivity index (χ1n) is 3.88. The van der Waals surface area contributed by atoms with Gasteiger partial charge in [-0.15, -0.1) is 0 Å². The summed E-state index contributed by atoms with van der Waals surface area (Å²) >= 11 is 0. The van der Waals surface area contributed by atoms with Gasteiger partial charge in [0.05, 0.1) is 13.2 Å². The minimum atomic E-state index is -1.61. The highest BCUT2D eigenvalue weighted by Crippen LogP contribution is 2.19. The Morgan fingerprint density at radius 3 is 2.31 bits per heavy atom. The summed E-state index contributed by atoms with van der Waals surface area (Å²) in [5.74, 6) is -2.02. The summed E-state index contributed by atoms with van der Waals surface area (Å²) in [6.07, 6.45) is 0. The first-order valence-corrected chi connectivity index (χ1v) is 3.88. The minimum absolute atomic E-state index is 0.158. The number of carbonyl (C=O) groups is 2. The zero-order chi connectivity index (χ0) is 10.5. The average Bonchev–Trinajstić information content (AvgIpc) is 2.04. The van der Waals surface area contributed by atoms with Crippen LogP contribution < -0.4 is 0 Å². The summed E-state index contributed by atoms with van der Waals surface area (Å²) in [5.41, 5.74) is -1.61. The fourth-order valence-electron chi connectivity index (χ4n) is 0.787. The molecular formula is C8H14O5. The van der Waals surface area contributed by atoms with Crippen LogP contribution in [0, 0.1) is 5.41 Å². The molecule has 0 aliphatic rings. The molecule has 0 radical (unpaired) electrons. The first kappa shape index (κ1) is 11.9. The van der Waals surface area contributed by atoms with E-state index in [4.69, 9.17) is 5.11 Å². The Labute approximate surface area is 76.6 Å². The van der Waals surface area contributed by atoms with Crippen LogP contribution >= 0.6 is 0 Å². The number of rotatable bonds is 5. The fraction of sp³-hybridized carbons (Fsp3) is 0.750. The molecule has 5 heteroatoms. The van der Waals surface area contributed by atoms with Crippen LogP contribution in [0.2, 0.25) is 0 Å². The Balaban J connectivity index is 4.57. The van der Waals surface area contributed by atoms with E-state index in [1.54, 1.807) is 6.92 Å². The summed E-state index contributed by atoms with van der Waals surface area (Å²) in [4.78, 5) is 22.0. The van der Waals surface area contributed by atoms with Gasteiger partial charge in [-0.2, -0.15) is 0 Å². The Hall–Kier alpha value is -1.10. The van der Waals surface area contributed by atoms with Gasteiger partial charge in [0.15, 0.2) is 5.41 Å². The molecule has 13 heavy (non-hydrogen) atoms. The summed E-state index contributed by atoms with van der Waals surface area (Å²) in [5, 5.41) is 8.78. The molecular weight excluding hydrogens is 176 g/mol. The van der Waals surface area contributed by atoms with E-state index in [-0.39, 0.29) is 13.2 Å². The van der Waals surface area contributed by atoms with E-state index in [2.05, 4.69) is 9.47 Å². The van der Waals surface area contributed by atoms with Crippen LogP contribution in [0.25, 0.3) is 0 Å². The lowest BCUT2D eigenvalue weighted by atomic mass is 9.92. The second-order valence-electron chi connectivity index (χ2n) is 2.79. The highest BCUT2D eigenvalue weighted by molar-refractivity contribution is 5.98. The monoisotopic (exact) mass is 190 g/mol. The van der Waals surface area contributed by atoms with Crippen molar-refractivity contribution in [2.75, 3.05) is 20.3 Å². The predicted molar refractivity (Wildman–Crippen MR) is 44.3 cm³/mol. The third-order valence-corrected chi connectivity index (χ3v) is 1.63. The number of hydrogen-bond acceptors (Lipinski definition) is 4. The van der Waals surface area contributed by atoms with E-state index in [0.29, 0.717) is 0 Å². The second kappa shape index (κ2) is 4.81. The molecule has 0 fully saturated rings. The number of esters is 1. The van der Waals surface area contributed by atoms with Crippen molar-refractivity contribution < 1.29 is 24.2 Å². The molecule has 0 amide bonds. The van der Waals surface area contributed by atoms with Gasteiger partial charge in [0.2, 0.25) is 0 Å². The molecule has 0 aliphatic heterocycles. The van der Waals surface area contributed by atoms with Crippen LogP contribution in [0.3, 0.4) is 0 Å². The molecule has 0 saturated heterocycles. The van der Waals surface area contributed by atoms with E-state index in [1.807, 2.05) is 0 Å². The van der Waals surface area contributed by atoms with E-state index in [1.165, 1.54) is 14.0 Å². The largest absolute Gasteiger partial charge is 0.480 e. The summed E-state index contributed by atoms with van der Waals surface area (Å²) in [7, 11) is 1.33. The highest BCUT2D eigenvalue weighted by atomic mass is 16.5. The average molecular weight is 190 g/mol. The number of carboxylic acids is 1. The van der Waals surface area contributed by atoms with Crippen LogP contribution in [-0.4, -0.2) is 37.4 Å². The van der Waals surface area contributed by atoms with Gasteiger partial charge in [0.25, 0.3) is 0 Å². The van der Waals surface area contributed by atoms with E-state index < -0.39 is 17.4 Å². The fourth-order valence-corrected chi connectivity index (χ4v) is 0.787. The van der Waals surface area contributed by atoms with E-state index in [0.717, 1.165) is 0 Å². The molecule has 0 bridgehead atoms. The molecule has 0 saturated carbocycles. The number of ether oxygens (including phenoxy) is 2. The van der Waals surface area contributed by atoms with Crippen LogP contribution in [0.4, 0.5) is 0 Å². The minimum Gasteiger partial charge on any atom is -0.480 e. The van der Waals surface area contributed by atoms with E-state index in [9.17, 15) is 9.59 Å². The Bertz CT molecular complexity index is 201. The number of carbonyl (C=O) groups excluding carboxylic acids is 1. The maximum Gasteiger partial charge on any atom is 0.325 e. The Morgan fingerprint density at radius 1 is 1.46 bits per heavy atom. The molecule has 1 unspecified atom stereocenters. The van der Waals surface area contributed by atoms with Crippen molar-refractivity contribution >= 4 is 11.9 Å². The number of carboxylic acid groups (broad SMARTS) is 1.